The Balaban J connectivity index is 2.35. The molecule has 4 heteroatoms. The first-order valence-electron chi connectivity index (χ1n) is 4.72. The summed E-state index contributed by atoms with van der Waals surface area (Å²) in [5, 5.41) is 2.04. The van der Waals surface area contributed by atoms with Crippen molar-refractivity contribution in [2.24, 2.45) is 5.84 Å². The van der Waals surface area contributed by atoms with Gasteiger partial charge in [0.25, 0.3) is 0 Å². The highest BCUT2D eigenvalue weighted by Gasteiger charge is 2.13. The molecule has 2 heterocycles. The fourth-order valence-electron chi connectivity index (χ4n) is 1.53. The van der Waals surface area contributed by atoms with Crippen molar-refractivity contribution >= 4 is 11.3 Å². The first-order valence-corrected chi connectivity index (χ1v) is 5.60. The molecule has 15 heavy (non-hydrogen) atoms. The predicted molar refractivity (Wildman–Crippen MR) is 62.5 cm³/mol. The normalized spacial score (nSPS) is 12.7. The van der Waals surface area contributed by atoms with Crippen molar-refractivity contribution in [2.45, 2.75) is 13.0 Å². The lowest BCUT2D eigenvalue weighted by Gasteiger charge is -2.14. The summed E-state index contributed by atoms with van der Waals surface area (Å²) in [6, 6.07) is 6.22. The molecule has 3 N–H and O–H groups in total. The van der Waals surface area contributed by atoms with E-state index >= 15 is 0 Å². The van der Waals surface area contributed by atoms with Crippen molar-refractivity contribution in [3.63, 3.8) is 0 Å². The van der Waals surface area contributed by atoms with Gasteiger partial charge in [0.15, 0.2) is 0 Å². The molecule has 1 unspecified atom stereocenters. The lowest BCUT2D eigenvalue weighted by Crippen LogP contribution is -2.28. The van der Waals surface area contributed by atoms with Crippen molar-refractivity contribution < 1.29 is 0 Å². The van der Waals surface area contributed by atoms with Crippen molar-refractivity contribution in [2.75, 3.05) is 0 Å². The summed E-state index contributed by atoms with van der Waals surface area (Å²) in [7, 11) is 0. The van der Waals surface area contributed by atoms with E-state index in [2.05, 4.69) is 22.5 Å². The van der Waals surface area contributed by atoms with Gasteiger partial charge >= 0.3 is 0 Å². The van der Waals surface area contributed by atoms with Gasteiger partial charge in [0, 0.05) is 17.3 Å². The van der Waals surface area contributed by atoms with Crippen LogP contribution in [-0.4, -0.2) is 4.98 Å². The number of nitrogens with zero attached hydrogens (tertiary/aromatic N) is 1. The number of thiophene rings is 1. The van der Waals surface area contributed by atoms with Gasteiger partial charge in [-0.15, -0.1) is 11.3 Å². The molecule has 78 valence electrons. The van der Waals surface area contributed by atoms with E-state index in [9.17, 15) is 0 Å². The second-order valence-electron chi connectivity index (χ2n) is 3.41. The molecule has 0 amide bonds. The van der Waals surface area contributed by atoms with E-state index in [1.165, 1.54) is 4.88 Å². The largest absolute Gasteiger partial charge is 0.271 e. The third-order valence-corrected chi connectivity index (χ3v) is 3.16. The van der Waals surface area contributed by atoms with Gasteiger partial charge in [0.2, 0.25) is 0 Å². The van der Waals surface area contributed by atoms with E-state index in [0.29, 0.717) is 0 Å². The van der Waals surface area contributed by atoms with Crippen LogP contribution in [0.3, 0.4) is 0 Å². The number of hydrogen-bond donors (Lipinski definition) is 2. The Morgan fingerprint density at radius 1 is 1.47 bits per heavy atom. The van der Waals surface area contributed by atoms with Crippen LogP contribution >= 0.6 is 11.3 Å². The van der Waals surface area contributed by atoms with E-state index < -0.39 is 0 Å². The van der Waals surface area contributed by atoms with Gasteiger partial charge in [-0.2, -0.15) is 0 Å². The average molecular weight is 219 g/mol. The molecule has 0 saturated carbocycles. The maximum Gasteiger partial charge on any atom is 0.0817 e. The summed E-state index contributed by atoms with van der Waals surface area (Å²) in [4.78, 5) is 5.37. The Labute approximate surface area is 92.9 Å². The molecule has 2 aromatic heterocycles. The Morgan fingerprint density at radius 3 is 2.93 bits per heavy atom. The monoisotopic (exact) mass is 219 g/mol. The van der Waals surface area contributed by atoms with E-state index in [-0.39, 0.29) is 6.04 Å². The smallest absolute Gasteiger partial charge is 0.0817 e. The highest BCUT2D eigenvalue weighted by atomic mass is 32.1. The minimum Gasteiger partial charge on any atom is -0.271 e. The van der Waals surface area contributed by atoms with E-state index in [1.807, 2.05) is 30.8 Å². The molecule has 0 aliphatic heterocycles. The number of hydrazine groups is 1. The summed E-state index contributed by atoms with van der Waals surface area (Å²) >= 11 is 1.69. The van der Waals surface area contributed by atoms with Crippen LogP contribution in [-0.2, 0) is 0 Å². The second-order valence-corrected chi connectivity index (χ2v) is 4.39. The van der Waals surface area contributed by atoms with Crippen molar-refractivity contribution in [3.05, 3.63) is 52.0 Å². The van der Waals surface area contributed by atoms with Gasteiger partial charge in [-0.3, -0.25) is 10.8 Å². The molecule has 1 atom stereocenters. The quantitative estimate of drug-likeness (QED) is 0.613. The fraction of sp³-hybridized carbons (Fsp3) is 0.182. The molecule has 0 spiro atoms. The molecular formula is C11H13N3S. The third kappa shape index (κ3) is 2.23. The molecule has 0 fully saturated rings. The van der Waals surface area contributed by atoms with Crippen LogP contribution in [0.15, 0.2) is 36.0 Å². The molecule has 2 aromatic rings. The number of nitrogens with two attached hydrogens (primary N) is 1. The first kappa shape index (κ1) is 10.3. The first-order chi connectivity index (χ1) is 7.31. The van der Waals surface area contributed by atoms with Gasteiger partial charge in [0.1, 0.15) is 0 Å². The molecule has 0 aromatic carbocycles. The SMILES string of the molecule is Cc1cncc(C(NN)c2cccs2)c1. The summed E-state index contributed by atoms with van der Waals surface area (Å²) in [6.07, 6.45) is 3.68. The van der Waals surface area contributed by atoms with Gasteiger partial charge in [-0.1, -0.05) is 12.1 Å². The highest BCUT2D eigenvalue weighted by Crippen LogP contribution is 2.24. The molecule has 2 rings (SSSR count). The van der Waals surface area contributed by atoms with Gasteiger partial charge in [0.05, 0.1) is 6.04 Å². The van der Waals surface area contributed by atoms with Gasteiger partial charge in [-0.05, 0) is 29.5 Å². The topological polar surface area (TPSA) is 50.9 Å². The maximum atomic E-state index is 5.57. The van der Waals surface area contributed by atoms with Gasteiger partial charge < -0.3 is 0 Å². The number of aryl methyl sites for hydroxylation is 1. The van der Waals surface area contributed by atoms with Crippen molar-refractivity contribution in [1.82, 2.24) is 10.4 Å². The van der Waals surface area contributed by atoms with Crippen LogP contribution in [0.2, 0.25) is 0 Å². The van der Waals surface area contributed by atoms with E-state index in [4.69, 9.17) is 5.84 Å². The lowest BCUT2D eigenvalue weighted by atomic mass is 10.1. The standard InChI is InChI=1S/C11H13N3S/c1-8-5-9(7-13-6-8)11(14-12)10-3-2-4-15-10/h2-7,11,14H,12H2,1H3. The molecule has 0 bridgehead atoms. The number of pyridine rings is 1. The summed E-state index contributed by atoms with van der Waals surface area (Å²) in [5.41, 5.74) is 5.06. The lowest BCUT2D eigenvalue weighted by molar-refractivity contribution is 0.644. The van der Waals surface area contributed by atoms with E-state index in [1.54, 1.807) is 11.3 Å². The zero-order valence-electron chi connectivity index (χ0n) is 8.47. The average Bonchev–Trinajstić information content (AvgIpc) is 2.72. The van der Waals surface area contributed by atoms with Crippen LogP contribution in [0.1, 0.15) is 22.0 Å². The molecule has 0 aliphatic rings. The second kappa shape index (κ2) is 4.53. The van der Waals surface area contributed by atoms with Gasteiger partial charge in [-0.25, -0.2) is 5.43 Å². The zero-order chi connectivity index (χ0) is 10.7. The number of aromatic nitrogens is 1. The van der Waals surface area contributed by atoms with Crippen molar-refractivity contribution in [3.8, 4) is 0 Å². The third-order valence-electron chi connectivity index (χ3n) is 2.22. The number of nitrogens with one attached hydrogen (secondary N) is 1. The zero-order valence-corrected chi connectivity index (χ0v) is 9.29. The van der Waals surface area contributed by atoms with Crippen LogP contribution in [0.25, 0.3) is 0 Å². The van der Waals surface area contributed by atoms with Crippen LogP contribution < -0.4 is 11.3 Å². The van der Waals surface area contributed by atoms with Crippen molar-refractivity contribution in [1.29, 1.82) is 0 Å². The Morgan fingerprint density at radius 2 is 2.33 bits per heavy atom. The molecular weight excluding hydrogens is 206 g/mol. The summed E-state index contributed by atoms with van der Waals surface area (Å²) in [5.74, 6) is 5.57. The van der Waals surface area contributed by atoms with E-state index in [0.717, 1.165) is 11.1 Å². The molecule has 3 nitrogen and oxygen atoms in total. The van der Waals surface area contributed by atoms with Crippen LogP contribution in [0, 0.1) is 6.92 Å². The molecule has 0 saturated heterocycles. The minimum atomic E-state index is 0.0393. The summed E-state index contributed by atoms with van der Waals surface area (Å²) < 4.78 is 0. The Bertz CT molecular complexity index is 425. The minimum absolute atomic E-state index is 0.0393. The molecule has 0 aliphatic carbocycles. The van der Waals surface area contributed by atoms with Crippen LogP contribution in [0.5, 0.6) is 0 Å². The predicted octanol–water partition coefficient (Wildman–Crippen LogP) is 2.00. The highest BCUT2D eigenvalue weighted by molar-refractivity contribution is 7.10. The van der Waals surface area contributed by atoms with Crippen LogP contribution in [0.4, 0.5) is 0 Å². The maximum absolute atomic E-state index is 5.57. The Hall–Kier alpha value is -1.23. The Kier molecular flexibility index (Phi) is 3.11. The molecule has 0 radical (unpaired) electrons. The summed E-state index contributed by atoms with van der Waals surface area (Å²) in [6.45, 7) is 2.03. The number of rotatable bonds is 3. The fourth-order valence-corrected chi connectivity index (χ4v) is 2.35. The number of hydrogen-bond acceptors (Lipinski definition) is 4.